The zero-order valence-corrected chi connectivity index (χ0v) is 9.42. The summed E-state index contributed by atoms with van der Waals surface area (Å²) in [6.45, 7) is 3.85. The molecule has 0 atom stereocenters. The van der Waals surface area contributed by atoms with Gasteiger partial charge in [0.15, 0.2) is 0 Å². The number of benzene rings is 1. The number of aromatic nitrogens is 2. The Morgan fingerprint density at radius 2 is 1.94 bits per heavy atom. The van der Waals surface area contributed by atoms with Crippen LogP contribution in [0, 0.1) is 0 Å². The van der Waals surface area contributed by atoms with Crippen LogP contribution >= 0.6 is 0 Å². The molecule has 1 aromatic heterocycles. The van der Waals surface area contributed by atoms with Crippen molar-refractivity contribution in [2.24, 2.45) is 5.90 Å². The lowest BCUT2D eigenvalue weighted by molar-refractivity contribution is -0.0236. The molecule has 0 fully saturated rings. The lowest BCUT2D eigenvalue weighted by Gasteiger charge is -2.22. The maximum atomic E-state index is 5.25. The van der Waals surface area contributed by atoms with E-state index in [1.54, 1.807) is 10.9 Å². The van der Waals surface area contributed by atoms with Crippen molar-refractivity contribution < 1.29 is 4.84 Å². The van der Waals surface area contributed by atoms with Crippen LogP contribution in [-0.2, 0) is 10.4 Å². The van der Waals surface area contributed by atoms with Crippen LogP contribution in [0.3, 0.4) is 0 Å². The van der Waals surface area contributed by atoms with Gasteiger partial charge in [0, 0.05) is 12.4 Å². The van der Waals surface area contributed by atoms with Gasteiger partial charge >= 0.3 is 0 Å². The van der Waals surface area contributed by atoms with Crippen LogP contribution in [0.4, 0.5) is 0 Å². The Hall–Kier alpha value is -1.65. The normalized spacial score (nSPS) is 11.7. The van der Waals surface area contributed by atoms with Crippen molar-refractivity contribution in [3.8, 4) is 5.69 Å². The fraction of sp³-hybridized carbons (Fsp3) is 0.250. The third-order valence-corrected chi connectivity index (χ3v) is 2.63. The molecule has 0 amide bonds. The topological polar surface area (TPSA) is 53.1 Å². The predicted molar refractivity (Wildman–Crippen MR) is 61.9 cm³/mol. The molecule has 1 aromatic carbocycles. The Balaban J connectivity index is 2.30. The molecule has 0 saturated carbocycles. The van der Waals surface area contributed by atoms with Gasteiger partial charge in [0.2, 0.25) is 0 Å². The predicted octanol–water partition coefficient (Wildman–Crippen LogP) is 2.00. The lowest BCUT2D eigenvalue weighted by Crippen LogP contribution is -2.25. The Kier molecular flexibility index (Phi) is 2.77. The largest absolute Gasteiger partial charge is 0.294 e. The van der Waals surface area contributed by atoms with E-state index >= 15 is 0 Å². The second-order valence-electron chi connectivity index (χ2n) is 4.13. The van der Waals surface area contributed by atoms with Crippen molar-refractivity contribution in [3.63, 3.8) is 0 Å². The molecule has 4 heteroatoms. The van der Waals surface area contributed by atoms with E-state index in [-0.39, 0.29) is 0 Å². The molecule has 2 N–H and O–H groups in total. The Bertz CT molecular complexity index is 446. The summed E-state index contributed by atoms with van der Waals surface area (Å²) in [5.41, 5.74) is 1.58. The smallest absolute Gasteiger partial charge is 0.109 e. The average molecular weight is 217 g/mol. The van der Waals surface area contributed by atoms with E-state index in [1.807, 2.05) is 50.4 Å². The van der Waals surface area contributed by atoms with Crippen LogP contribution in [-0.4, -0.2) is 9.78 Å². The summed E-state index contributed by atoms with van der Waals surface area (Å²) in [6, 6.07) is 9.85. The van der Waals surface area contributed by atoms with Gasteiger partial charge in [-0.05, 0) is 37.6 Å². The zero-order chi connectivity index (χ0) is 11.6. The highest BCUT2D eigenvalue weighted by Gasteiger charge is 2.19. The number of nitrogens with two attached hydrogens (primary N) is 1. The second-order valence-corrected chi connectivity index (χ2v) is 4.13. The molecular weight excluding hydrogens is 202 g/mol. The minimum Gasteiger partial charge on any atom is -0.294 e. The summed E-state index contributed by atoms with van der Waals surface area (Å²) in [6.07, 6.45) is 3.65. The van der Waals surface area contributed by atoms with Crippen LogP contribution in [0.2, 0.25) is 0 Å². The van der Waals surface area contributed by atoms with Crippen LogP contribution in [0.5, 0.6) is 0 Å². The third-order valence-electron chi connectivity index (χ3n) is 2.63. The van der Waals surface area contributed by atoms with Gasteiger partial charge in [-0.3, -0.25) is 4.84 Å². The summed E-state index contributed by atoms with van der Waals surface area (Å²) in [5, 5.41) is 4.16. The summed E-state index contributed by atoms with van der Waals surface area (Å²) in [4.78, 5) is 4.93. The Morgan fingerprint density at radius 1 is 1.25 bits per heavy atom. The second kappa shape index (κ2) is 4.08. The molecule has 0 spiro atoms. The van der Waals surface area contributed by atoms with Crippen molar-refractivity contribution in [2.45, 2.75) is 19.4 Å². The summed E-state index contributed by atoms with van der Waals surface area (Å²) >= 11 is 0. The average Bonchev–Trinajstić information content (AvgIpc) is 2.83. The first-order valence-electron chi connectivity index (χ1n) is 5.12. The first kappa shape index (κ1) is 10.9. The standard InChI is InChI=1S/C12H15N3O/c1-12(2,16-13)10-4-6-11(7-5-10)15-9-3-8-14-15/h3-9H,13H2,1-2H3. The Morgan fingerprint density at radius 3 is 2.44 bits per heavy atom. The first-order valence-corrected chi connectivity index (χ1v) is 5.12. The zero-order valence-electron chi connectivity index (χ0n) is 9.42. The summed E-state index contributed by atoms with van der Waals surface area (Å²) < 4.78 is 1.81. The molecule has 1 heterocycles. The molecule has 0 bridgehead atoms. The molecule has 2 rings (SSSR count). The van der Waals surface area contributed by atoms with Crippen LogP contribution in [0.15, 0.2) is 42.7 Å². The van der Waals surface area contributed by atoms with Gasteiger partial charge in [0.25, 0.3) is 0 Å². The summed E-state index contributed by atoms with van der Waals surface area (Å²) in [5.74, 6) is 5.25. The molecular formula is C12H15N3O. The molecule has 0 aliphatic rings. The highest BCUT2D eigenvalue weighted by Crippen LogP contribution is 2.23. The maximum absolute atomic E-state index is 5.25. The molecule has 0 unspecified atom stereocenters. The first-order chi connectivity index (χ1) is 7.63. The molecule has 16 heavy (non-hydrogen) atoms. The van der Waals surface area contributed by atoms with E-state index < -0.39 is 5.60 Å². The number of rotatable bonds is 3. The number of hydrogen-bond acceptors (Lipinski definition) is 3. The van der Waals surface area contributed by atoms with Gasteiger partial charge in [0.1, 0.15) is 5.60 Å². The van der Waals surface area contributed by atoms with Gasteiger partial charge < -0.3 is 0 Å². The molecule has 0 aliphatic heterocycles. The highest BCUT2D eigenvalue weighted by molar-refractivity contribution is 5.35. The molecule has 0 saturated heterocycles. The van der Waals surface area contributed by atoms with E-state index in [4.69, 9.17) is 10.7 Å². The molecule has 2 aromatic rings. The third kappa shape index (κ3) is 1.98. The monoisotopic (exact) mass is 217 g/mol. The number of nitrogens with zero attached hydrogens (tertiary/aromatic N) is 2. The van der Waals surface area contributed by atoms with Crippen molar-refractivity contribution in [1.29, 1.82) is 0 Å². The molecule has 84 valence electrons. The highest BCUT2D eigenvalue weighted by atomic mass is 16.6. The van der Waals surface area contributed by atoms with Crippen LogP contribution in [0.1, 0.15) is 19.4 Å². The van der Waals surface area contributed by atoms with E-state index in [0.29, 0.717) is 0 Å². The minimum absolute atomic E-state index is 0.470. The van der Waals surface area contributed by atoms with E-state index in [1.165, 1.54) is 0 Å². The van der Waals surface area contributed by atoms with Crippen LogP contribution < -0.4 is 5.90 Å². The molecule has 0 radical (unpaired) electrons. The minimum atomic E-state index is -0.470. The van der Waals surface area contributed by atoms with Gasteiger partial charge in [0.05, 0.1) is 5.69 Å². The van der Waals surface area contributed by atoms with Gasteiger partial charge in [-0.15, -0.1) is 0 Å². The Labute approximate surface area is 94.6 Å². The van der Waals surface area contributed by atoms with E-state index in [2.05, 4.69) is 5.10 Å². The fourth-order valence-electron chi connectivity index (χ4n) is 1.51. The maximum Gasteiger partial charge on any atom is 0.109 e. The SMILES string of the molecule is CC(C)(ON)c1ccc(-n2cccn2)cc1. The van der Waals surface area contributed by atoms with Crippen LogP contribution in [0.25, 0.3) is 5.69 Å². The number of hydrogen-bond donors (Lipinski definition) is 1. The van der Waals surface area contributed by atoms with Crippen molar-refractivity contribution in [1.82, 2.24) is 9.78 Å². The van der Waals surface area contributed by atoms with E-state index in [0.717, 1.165) is 11.3 Å². The van der Waals surface area contributed by atoms with Gasteiger partial charge in [-0.1, -0.05) is 12.1 Å². The quantitative estimate of drug-likeness (QED) is 0.800. The van der Waals surface area contributed by atoms with Crippen molar-refractivity contribution in [3.05, 3.63) is 48.3 Å². The lowest BCUT2D eigenvalue weighted by atomic mass is 9.98. The summed E-state index contributed by atoms with van der Waals surface area (Å²) in [7, 11) is 0. The van der Waals surface area contributed by atoms with E-state index in [9.17, 15) is 0 Å². The van der Waals surface area contributed by atoms with Gasteiger partial charge in [-0.2, -0.15) is 5.10 Å². The molecule has 0 aliphatic carbocycles. The van der Waals surface area contributed by atoms with Crippen molar-refractivity contribution in [2.75, 3.05) is 0 Å². The molecule has 4 nitrogen and oxygen atoms in total. The van der Waals surface area contributed by atoms with Gasteiger partial charge in [-0.25, -0.2) is 10.6 Å². The fourth-order valence-corrected chi connectivity index (χ4v) is 1.51. The van der Waals surface area contributed by atoms with Crippen molar-refractivity contribution >= 4 is 0 Å².